The van der Waals surface area contributed by atoms with Gasteiger partial charge in [-0.2, -0.15) is 0 Å². The number of allylic oxidation sites excluding steroid dienone is 2. The third-order valence-corrected chi connectivity index (χ3v) is 9.76. The predicted octanol–water partition coefficient (Wildman–Crippen LogP) is 11.8. The lowest BCUT2D eigenvalue weighted by molar-refractivity contribution is 0.477. The highest BCUT2D eigenvalue weighted by molar-refractivity contribution is 6.14. The van der Waals surface area contributed by atoms with Crippen LogP contribution in [0.5, 0.6) is 11.5 Å². The monoisotopic (exact) mass is 629 g/mol. The molecule has 0 saturated heterocycles. The number of nitrogens with zero attached hydrogens (tertiary/aromatic N) is 2. The Labute approximate surface area is 285 Å². The first-order valence-electron chi connectivity index (χ1n) is 16.7. The van der Waals surface area contributed by atoms with E-state index < -0.39 is 0 Å². The largest absolute Gasteiger partial charge is 0.453 e. The van der Waals surface area contributed by atoms with Crippen LogP contribution in [0.4, 0.5) is 28.4 Å². The maximum absolute atomic E-state index is 6.71. The highest BCUT2D eigenvalue weighted by Gasteiger charge is 2.34. The van der Waals surface area contributed by atoms with E-state index in [0.717, 1.165) is 51.3 Å². The number of fused-ring (bicyclic) bond motifs is 4. The van der Waals surface area contributed by atoms with Gasteiger partial charge in [-0.15, -0.1) is 0 Å². The van der Waals surface area contributed by atoms with Gasteiger partial charge in [-0.25, -0.2) is 0 Å². The van der Waals surface area contributed by atoms with Gasteiger partial charge in [0.25, 0.3) is 0 Å². The van der Waals surface area contributed by atoms with Gasteiger partial charge in [0.2, 0.25) is 0 Å². The van der Waals surface area contributed by atoms with Crippen LogP contribution in [0, 0.1) is 0 Å². The number of hydrogen-bond donors (Lipinski definition) is 1. The van der Waals surface area contributed by atoms with Crippen molar-refractivity contribution in [3.63, 3.8) is 0 Å². The van der Waals surface area contributed by atoms with E-state index in [-0.39, 0.29) is 6.04 Å². The summed E-state index contributed by atoms with van der Waals surface area (Å²) >= 11 is 0. The summed E-state index contributed by atoms with van der Waals surface area (Å²) in [6, 6.07) is 58.0. The summed E-state index contributed by atoms with van der Waals surface area (Å²) in [5, 5.41) is 6.39. The minimum absolute atomic E-state index is 0.0233. The molecular weight excluding hydrogens is 599 g/mol. The Morgan fingerprint density at radius 2 is 1.20 bits per heavy atom. The Morgan fingerprint density at radius 3 is 2.02 bits per heavy atom. The molecule has 0 spiro atoms. The molecule has 7 aromatic carbocycles. The maximum Gasteiger partial charge on any atom is 0.152 e. The van der Waals surface area contributed by atoms with E-state index in [4.69, 9.17) is 4.74 Å². The Balaban J connectivity index is 1.23. The number of benzene rings is 7. The minimum atomic E-state index is -0.0233. The van der Waals surface area contributed by atoms with Gasteiger partial charge in [0.15, 0.2) is 11.5 Å². The molecule has 4 heteroatoms. The van der Waals surface area contributed by atoms with Gasteiger partial charge < -0.3 is 15.0 Å². The maximum atomic E-state index is 6.71. The van der Waals surface area contributed by atoms with Crippen molar-refractivity contribution in [3.05, 3.63) is 193 Å². The molecule has 232 valence electrons. The summed E-state index contributed by atoms with van der Waals surface area (Å²) in [5.74, 6) is 2.68. The molecule has 0 saturated carbocycles. The first kappa shape index (κ1) is 27.6. The van der Waals surface area contributed by atoms with Crippen LogP contribution < -0.4 is 19.9 Å². The van der Waals surface area contributed by atoms with Crippen molar-refractivity contribution in [1.29, 1.82) is 0 Å². The van der Waals surface area contributed by atoms with Crippen LogP contribution in [0.25, 0.3) is 27.5 Å². The molecule has 0 amide bonds. The molecule has 0 radical (unpaired) electrons. The van der Waals surface area contributed by atoms with Crippen molar-refractivity contribution in [3.8, 4) is 22.6 Å². The van der Waals surface area contributed by atoms with Gasteiger partial charge in [0.1, 0.15) is 5.82 Å². The Hall–Kier alpha value is -6.52. The van der Waals surface area contributed by atoms with Gasteiger partial charge in [0.05, 0.1) is 28.8 Å². The molecular formula is C45H31N3O. The van der Waals surface area contributed by atoms with Crippen molar-refractivity contribution < 1.29 is 4.74 Å². The molecule has 4 nitrogen and oxygen atoms in total. The molecule has 0 aromatic heterocycles. The molecule has 1 unspecified atom stereocenters. The van der Waals surface area contributed by atoms with E-state index in [1.807, 2.05) is 12.1 Å². The fourth-order valence-electron chi connectivity index (χ4n) is 7.56. The van der Waals surface area contributed by atoms with Gasteiger partial charge in [-0.3, -0.25) is 4.90 Å². The van der Waals surface area contributed by atoms with Crippen molar-refractivity contribution in [2.24, 2.45) is 0 Å². The number of anilines is 5. The zero-order chi connectivity index (χ0) is 32.3. The van der Waals surface area contributed by atoms with Crippen molar-refractivity contribution >= 4 is 44.8 Å². The van der Waals surface area contributed by atoms with E-state index in [1.165, 1.54) is 33.0 Å². The minimum Gasteiger partial charge on any atom is -0.453 e. The summed E-state index contributed by atoms with van der Waals surface area (Å²) in [6.45, 7) is 0. The Morgan fingerprint density at radius 1 is 0.510 bits per heavy atom. The number of nitrogens with one attached hydrogen (secondary N) is 1. The molecule has 3 aliphatic rings. The molecule has 7 aromatic rings. The predicted molar refractivity (Wildman–Crippen MR) is 201 cm³/mol. The van der Waals surface area contributed by atoms with E-state index >= 15 is 0 Å². The van der Waals surface area contributed by atoms with Crippen LogP contribution >= 0.6 is 0 Å². The van der Waals surface area contributed by atoms with E-state index in [2.05, 4.69) is 179 Å². The zero-order valence-electron chi connectivity index (χ0n) is 26.6. The quantitative estimate of drug-likeness (QED) is 0.210. The van der Waals surface area contributed by atoms with Crippen LogP contribution in [0.15, 0.2) is 182 Å². The smallest absolute Gasteiger partial charge is 0.152 e. The lowest BCUT2D eigenvalue weighted by Crippen LogP contribution is -2.34. The second kappa shape index (κ2) is 11.0. The number of para-hydroxylation sites is 3. The van der Waals surface area contributed by atoms with Crippen LogP contribution in [0.3, 0.4) is 0 Å². The Bertz CT molecular complexity index is 2450. The lowest BCUT2D eigenvalue weighted by Gasteiger charge is -2.40. The topological polar surface area (TPSA) is 27.7 Å². The fraction of sp³-hybridized carbons (Fsp3) is 0.0222. The number of dihydropyridines is 1. The molecule has 10 rings (SSSR count). The van der Waals surface area contributed by atoms with Crippen molar-refractivity contribution in [2.45, 2.75) is 6.04 Å². The summed E-state index contributed by atoms with van der Waals surface area (Å²) in [5.41, 5.74) is 11.2. The summed E-state index contributed by atoms with van der Waals surface area (Å²) in [7, 11) is 0. The first-order valence-corrected chi connectivity index (χ1v) is 16.7. The summed E-state index contributed by atoms with van der Waals surface area (Å²) in [4.78, 5) is 4.74. The number of ether oxygens (including phenoxy) is 1. The molecule has 1 atom stereocenters. The molecule has 0 bridgehead atoms. The van der Waals surface area contributed by atoms with Crippen LogP contribution in [-0.2, 0) is 0 Å². The second-order valence-corrected chi connectivity index (χ2v) is 12.6. The van der Waals surface area contributed by atoms with Crippen LogP contribution in [-0.4, -0.2) is 0 Å². The van der Waals surface area contributed by atoms with E-state index in [0.29, 0.717) is 0 Å². The average Bonchev–Trinajstić information content (AvgIpc) is 3.17. The first-order chi connectivity index (χ1) is 24.3. The molecule has 0 fully saturated rings. The fourth-order valence-corrected chi connectivity index (χ4v) is 7.56. The summed E-state index contributed by atoms with van der Waals surface area (Å²) < 4.78 is 6.71. The molecule has 1 N–H and O–H groups in total. The molecule has 3 aliphatic heterocycles. The molecule has 3 heterocycles. The molecule has 49 heavy (non-hydrogen) atoms. The van der Waals surface area contributed by atoms with Crippen LogP contribution in [0.1, 0.15) is 17.2 Å². The van der Waals surface area contributed by atoms with Gasteiger partial charge in [0, 0.05) is 16.6 Å². The SMILES string of the molecule is C1=C(c2ccccc2)C=C(N2c3cc4c(cc3-c3cccc5cccc2c35)Oc2ccccc2N4c2ccccc2)NC1c1ccccc1. The summed E-state index contributed by atoms with van der Waals surface area (Å²) in [6.07, 6.45) is 4.63. The van der Waals surface area contributed by atoms with Crippen LogP contribution in [0.2, 0.25) is 0 Å². The van der Waals surface area contributed by atoms with Gasteiger partial charge in [-0.1, -0.05) is 121 Å². The highest BCUT2D eigenvalue weighted by atomic mass is 16.5. The van der Waals surface area contributed by atoms with E-state index in [1.54, 1.807) is 0 Å². The number of rotatable bonds is 4. The van der Waals surface area contributed by atoms with Crippen molar-refractivity contribution in [1.82, 2.24) is 5.32 Å². The standard InChI is InChI=1S/C45H31N3O/c1-4-14-30(15-5-1)33-26-37(31-16-6-2-7-17-31)46-44(27-33)48-39-24-13-19-32-18-12-22-35(45(32)39)36-28-43-41(29-40(36)48)47(34-20-8-3-9-21-34)38-23-10-11-25-42(38)49-43/h1-29,37,46H. The normalized spacial score (nSPS) is 15.6. The zero-order valence-corrected chi connectivity index (χ0v) is 26.6. The molecule has 0 aliphatic carbocycles. The van der Waals surface area contributed by atoms with Gasteiger partial charge >= 0.3 is 0 Å². The van der Waals surface area contributed by atoms with E-state index in [9.17, 15) is 0 Å². The van der Waals surface area contributed by atoms with Gasteiger partial charge in [-0.05, 0) is 82.3 Å². The average molecular weight is 630 g/mol. The highest BCUT2D eigenvalue weighted by Crippen LogP contribution is 2.57. The Kier molecular flexibility index (Phi) is 6.21. The third kappa shape index (κ3) is 4.45. The van der Waals surface area contributed by atoms with Crippen molar-refractivity contribution in [2.75, 3.05) is 9.80 Å². The second-order valence-electron chi connectivity index (χ2n) is 12.6. The third-order valence-electron chi connectivity index (χ3n) is 9.76. The lowest BCUT2D eigenvalue weighted by atomic mass is 9.89. The number of hydrogen-bond acceptors (Lipinski definition) is 4.